The number of ether oxygens (including phenoxy) is 1. The molecular formula is C22H22FN3O3S. The number of aryl methyl sites for hydroxylation is 2. The lowest BCUT2D eigenvalue weighted by Gasteiger charge is -2.13. The van der Waals surface area contributed by atoms with Crippen LogP contribution in [0.4, 0.5) is 4.39 Å². The Morgan fingerprint density at radius 1 is 1.30 bits per heavy atom. The van der Waals surface area contributed by atoms with Gasteiger partial charge in [0.15, 0.2) is 5.78 Å². The number of hydrogen-bond acceptors (Lipinski definition) is 5. The molecule has 8 heteroatoms. The number of carbonyl (C=O) groups excluding carboxylic acids is 2. The van der Waals surface area contributed by atoms with Gasteiger partial charge in [-0.05, 0) is 51.1 Å². The van der Waals surface area contributed by atoms with Crippen molar-refractivity contribution in [3.63, 3.8) is 0 Å². The van der Waals surface area contributed by atoms with Crippen LogP contribution in [0.1, 0.15) is 33.5 Å². The zero-order chi connectivity index (χ0) is 21.4. The van der Waals surface area contributed by atoms with Crippen LogP contribution in [0.25, 0.3) is 10.4 Å². The molecule has 0 aliphatic carbocycles. The third-order valence-corrected chi connectivity index (χ3v) is 6.22. The topological polar surface area (TPSA) is 73.2 Å². The molecule has 6 nitrogen and oxygen atoms in total. The molecule has 1 unspecified atom stereocenters. The van der Waals surface area contributed by atoms with E-state index < -0.39 is 0 Å². The lowest BCUT2D eigenvalue weighted by molar-refractivity contribution is -0.122. The lowest BCUT2D eigenvalue weighted by atomic mass is 10.0. The molecule has 2 aromatic heterocycles. The minimum absolute atomic E-state index is 0.0246. The second kappa shape index (κ2) is 8.02. The largest absolute Gasteiger partial charge is 0.487 e. The maximum absolute atomic E-state index is 14.2. The van der Waals surface area contributed by atoms with Crippen LogP contribution in [0, 0.1) is 19.7 Å². The summed E-state index contributed by atoms with van der Waals surface area (Å²) in [6, 6.07) is 8.37. The quantitative estimate of drug-likeness (QED) is 0.609. The molecule has 0 fully saturated rings. The Morgan fingerprint density at radius 2 is 2.10 bits per heavy atom. The first kappa shape index (κ1) is 20.3. The van der Waals surface area contributed by atoms with Gasteiger partial charge in [0.1, 0.15) is 24.2 Å². The number of amides is 1. The zero-order valence-electron chi connectivity index (χ0n) is 17.0. The number of aromatic nitrogens is 2. The Kier molecular flexibility index (Phi) is 5.42. The number of benzene rings is 1. The smallest absolute Gasteiger partial charge is 0.241 e. The van der Waals surface area contributed by atoms with Crippen LogP contribution in [0.3, 0.4) is 0 Å². The van der Waals surface area contributed by atoms with Crippen molar-refractivity contribution in [1.29, 1.82) is 0 Å². The summed E-state index contributed by atoms with van der Waals surface area (Å²) in [5.74, 6) is 0.0884. The predicted octanol–water partition coefficient (Wildman–Crippen LogP) is 3.69. The van der Waals surface area contributed by atoms with Gasteiger partial charge in [0.2, 0.25) is 5.91 Å². The molecule has 1 atom stereocenters. The molecule has 30 heavy (non-hydrogen) atoms. The highest BCUT2D eigenvalue weighted by atomic mass is 32.1. The first-order valence-corrected chi connectivity index (χ1v) is 10.5. The number of nitrogens with zero attached hydrogens (tertiary/aromatic N) is 2. The highest BCUT2D eigenvalue weighted by molar-refractivity contribution is 7.17. The minimum Gasteiger partial charge on any atom is -0.487 e. The summed E-state index contributed by atoms with van der Waals surface area (Å²) in [5, 5.41) is 7.17. The molecule has 1 N–H and O–H groups in total. The van der Waals surface area contributed by atoms with Gasteiger partial charge in [-0.1, -0.05) is 0 Å². The van der Waals surface area contributed by atoms with Gasteiger partial charge in [-0.15, -0.1) is 11.3 Å². The summed E-state index contributed by atoms with van der Waals surface area (Å²) < 4.78 is 21.9. The van der Waals surface area contributed by atoms with Gasteiger partial charge in [0.25, 0.3) is 0 Å². The standard InChI is InChI=1S/C22H22FN3O3S/c1-12-6-13(2)26(25-12)11-21(28)24-10-17-8-15-7-16(23)9-18(22(15)29-17)20-5-4-19(30-20)14(3)27/h4-7,9,17H,8,10-11H2,1-3H3,(H,24,28). The molecule has 0 saturated carbocycles. The normalized spacial score (nSPS) is 15.0. The molecule has 0 radical (unpaired) electrons. The van der Waals surface area contributed by atoms with E-state index in [1.54, 1.807) is 10.7 Å². The average molecular weight is 428 g/mol. The fourth-order valence-corrected chi connectivity index (χ4v) is 4.53. The van der Waals surface area contributed by atoms with Gasteiger partial charge >= 0.3 is 0 Å². The van der Waals surface area contributed by atoms with Gasteiger partial charge in [-0.3, -0.25) is 14.3 Å². The van der Waals surface area contributed by atoms with E-state index in [1.165, 1.54) is 30.4 Å². The summed E-state index contributed by atoms with van der Waals surface area (Å²) in [5.41, 5.74) is 3.19. The number of fused-ring (bicyclic) bond motifs is 1. The van der Waals surface area contributed by atoms with E-state index in [1.807, 2.05) is 26.0 Å². The van der Waals surface area contributed by atoms with Gasteiger partial charge in [0.05, 0.1) is 17.1 Å². The number of nitrogens with one attached hydrogen (secondary N) is 1. The van der Waals surface area contributed by atoms with E-state index in [0.29, 0.717) is 29.2 Å². The third kappa shape index (κ3) is 4.14. The Balaban J connectivity index is 1.44. The minimum atomic E-state index is -0.348. The Hall–Kier alpha value is -3.00. The monoisotopic (exact) mass is 427 g/mol. The Bertz CT molecular complexity index is 1130. The number of ketones is 1. The molecule has 1 aliphatic rings. The fourth-order valence-electron chi connectivity index (χ4n) is 3.62. The number of rotatable bonds is 6. The first-order valence-electron chi connectivity index (χ1n) is 9.68. The second-order valence-corrected chi connectivity index (χ2v) is 8.58. The fraction of sp³-hybridized carbons (Fsp3) is 0.318. The Morgan fingerprint density at radius 3 is 2.77 bits per heavy atom. The SMILES string of the molecule is CC(=O)c1ccc(-c2cc(F)cc3c2OC(CNC(=O)Cn2nc(C)cc2C)C3)s1. The molecule has 4 rings (SSSR count). The zero-order valence-corrected chi connectivity index (χ0v) is 17.8. The molecule has 1 aliphatic heterocycles. The molecule has 0 spiro atoms. The molecular weight excluding hydrogens is 405 g/mol. The van der Waals surface area contributed by atoms with Crippen LogP contribution in [0.5, 0.6) is 5.75 Å². The van der Waals surface area contributed by atoms with Crippen molar-refractivity contribution in [2.75, 3.05) is 6.54 Å². The van der Waals surface area contributed by atoms with E-state index in [0.717, 1.165) is 21.8 Å². The van der Waals surface area contributed by atoms with Gasteiger partial charge in [0, 0.05) is 28.1 Å². The van der Waals surface area contributed by atoms with Crippen LogP contribution in [0.15, 0.2) is 30.3 Å². The predicted molar refractivity (Wildman–Crippen MR) is 113 cm³/mol. The summed E-state index contributed by atoms with van der Waals surface area (Å²) in [6.45, 7) is 5.75. The summed E-state index contributed by atoms with van der Waals surface area (Å²) in [7, 11) is 0. The summed E-state index contributed by atoms with van der Waals surface area (Å²) in [6.07, 6.45) is 0.225. The molecule has 0 bridgehead atoms. The van der Waals surface area contributed by atoms with Crippen LogP contribution in [-0.2, 0) is 17.8 Å². The molecule has 1 amide bonds. The number of carbonyl (C=O) groups is 2. The van der Waals surface area contributed by atoms with Crippen molar-refractivity contribution in [1.82, 2.24) is 15.1 Å². The van der Waals surface area contributed by atoms with Crippen molar-refractivity contribution < 1.29 is 18.7 Å². The first-order chi connectivity index (χ1) is 14.3. The number of thiophene rings is 1. The number of hydrogen-bond donors (Lipinski definition) is 1. The second-order valence-electron chi connectivity index (χ2n) is 7.49. The molecule has 3 heterocycles. The highest BCUT2D eigenvalue weighted by Crippen LogP contribution is 2.42. The highest BCUT2D eigenvalue weighted by Gasteiger charge is 2.28. The molecule has 156 valence electrons. The van der Waals surface area contributed by atoms with E-state index in [4.69, 9.17) is 4.74 Å². The number of Topliss-reactive ketones (excluding diaryl/α,β-unsaturated/α-hetero) is 1. The average Bonchev–Trinajstić information content (AvgIpc) is 3.38. The van der Waals surface area contributed by atoms with Crippen molar-refractivity contribution >= 4 is 23.0 Å². The third-order valence-electron chi connectivity index (χ3n) is 5.00. The maximum Gasteiger partial charge on any atom is 0.241 e. The number of halogens is 1. The van der Waals surface area contributed by atoms with Crippen LogP contribution in [0.2, 0.25) is 0 Å². The van der Waals surface area contributed by atoms with Crippen molar-refractivity contribution in [2.45, 2.75) is 39.8 Å². The van der Waals surface area contributed by atoms with Gasteiger partial charge < -0.3 is 10.1 Å². The Labute approximate surface area is 177 Å². The van der Waals surface area contributed by atoms with Gasteiger partial charge in [-0.2, -0.15) is 5.10 Å². The van der Waals surface area contributed by atoms with Crippen molar-refractivity contribution in [3.05, 3.63) is 58.0 Å². The summed E-state index contributed by atoms with van der Waals surface area (Å²) in [4.78, 5) is 25.3. The molecule has 3 aromatic rings. The van der Waals surface area contributed by atoms with Crippen molar-refractivity contribution in [2.24, 2.45) is 0 Å². The lowest BCUT2D eigenvalue weighted by Crippen LogP contribution is -2.36. The van der Waals surface area contributed by atoms with E-state index in [-0.39, 0.29) is 30.2 Å². The summed E-state index contributed by atoms with van der Waals surface area (Å²) >= 11 is 1.32. The van der Waals surface area contributed by atoms with E-state index in [2.05, 4.69) is 10.4 Å². The van der Waals surface area contributed by atoms with Gasteiger partial charge in [-0.25, -0.2) is 4.39 Å². The maximum atomic E-state index is 14.2. The van der Waals surface area contributed by atoms with E-state index in [9.17, 15) is 14.0 Å². The van der Waals surface area contributed by atoms with Crippen LogP contribution < -0.4 is 10.1 Å². The molecule has 0 saturated heterocycles. The molecule has 1 aromatic carbocycles. The van der Waals surface area contributed by atoms with Crippen LogP contribution in [-0.4, -0.2) is 34.1 Å². The van der Waals surface area contributed by atoms with Crippen LogP contribution >= 0.6 is 11.3 Å². The van der Waals surface area contributed by atoms with E-state index >= 15 is 0 Å². The van der Waals surface area contributed by atoms with Crippen molar-refractivity contribution in [3.8, 4) is 16.2 Å².